The third-order valence-corrected chi connectivity index (χ3v) is 2.87. The van der Waals surface area contributed by atoms with Crippen molar-refractivity contribution in [3.05, 3.63) is 0 Å². The molecule has 0 saturated heterocycles. The van der Waals surface area contributed by atoms with Crippen molar-refractivity contribution in [2.24, 2.45) is 0 Å². The molecule has 0 N–H and O–H groups in total. The number of hydrogen-bond acceptors (Lipinski definition) is 4. The molecule has 0 spiro atoms. The number of rotatable bonds is 2. The molecule has 0 aromatic carbocycles. The molecule has 0 radical (unpaired) electrons. The molecular formula is CH3MoNO2S3. The van der Waals surface area contributed by atoms with E-state index in [9.17, 15) is 4.79 Å². The summed E-state index contributed by atoms with van der Waals surface area (Å²) >= 11 is 9.59. The van der Waals surface area contributed by atoms with E-state index < -0.39 is 24.4 Å². The van der Waals surface area contributed by atoms with Gasteiger partial charge in [0.25, 0.3) is 0 Å². The van der Waals surface area contributed by atoms with Gasteiger partial charge in [0, 0.05) is 0 Å². The summed E-state index contributed by atoms with van der Waals surface area (Å²) in [5.41, 5.74) is 0. The molecular weight excluding hydrogens is 250 g/mol. The van der Waals surface area contributed by atoms with Crippen LogP contribution in [0.2, 0.25) is 0 Å². The van der Waals surface area contributed by atoms with Crippen LogP contribution in [-0.2, 0) is 22.0 Å². The Balaban J connectivity index is 3.32. The Kier molecular flexibility index (Phi) is 5.72. The van der Waals surface area contributed by atoms with E-state index in [4.69, 9.17) is 0 Å². The third-order valence-electron chi connectivity index (χ3n) is 0.268. The average molecular weight is 253 g/mol. The first kappa shape index (κ1) is 9.17. The Morgan fingerprint density at radius 3 is 2.38 bits per heavy atom. The fourth-order valence-corrected chi connectivity index (χ4v) is 1.48. The Morgan fingerprint density at radius 1 is 1.75 bits per heavy atom. The summed E-state index contributed by atoms with van der Waals surface area (Å²) in [7, 11) is 0. The molecule has 0 unspecified atom stereocenters. The molecule has 0 aliphatic carbocycles. The minimum atomic E-state index is -0.996. The van der Waals surface area contributed by atoms with Gasteiger partial charge in [0.05, 0.1) is 0 Å². The summed E-state index contributed by atoms with van der Waals surface area (Å²) in [6.07, 6.45) is 0. The summed E-state index contributed by atoms with van der Waals surface area (Å²) < 4.78 is 5.47. The zero-order chi connectivity index (χ0) is 6.57. The Hall–Kier alpha value is 1.17. The van der Waals surface area contributed by atoms with E-state index in [0.717, 1.165) is 2.86 Å². The molecule has 0 aliphatic heterocycles. The third kappa shape index (κ3) is 4.09. The molecule has 0 fully saturated rings. The number of amides is 1. The number of hydrogen-bond donors (Lipinski definition) is 3. The fraction of sp³-hybridized carbons (Fsp3) is 0. The molecule has 0 aromatic heterocycles. The van der Waals surface area contributed by atoms with E-state index in [0.29, 0.717) is 0 Å². The van der Waals surface area contributed by atoms with Crippen LogP contribution in [0.25, 0.3) is 0 Å². The van der Waals surface area contributed by atoms with E-state index >= 15 is 0 Å². The van der Waals surface area contributed by atoms with Gasteiger partial charge in [-0.05, 0) is 0 Å². The first-order valence-electron chi connectivity index (χ1n) is 1.38. The van der Waals surface area contributed by atoms with Crippen molar-refractivity contribution in [2.45, 2.75) is 0 Å². The summed E-state index contributed by atoms with van der Waals surface area (Å²) in [5.74, 6) is 0. The molecule has 0 atom stereocenters. The molecule has 0 heterocycles. The van der Waals surface area contributed by atoms with Crippen LogP contribution >= 0.6 is 38.4 Å². The maximum atomic E-state index is 10.2. The van der Waals surface area contributed by atoms with E-state index in [-0.39, 0.29) is 0 Å². The van der Waals surface area contributed by atoms with Crippen LogP contribution in [-0.4, -0.2) is 8.10 Å². The second-order valence-corrected chi connectivity index (χ2v) is 4.72. The Labute approximate surface area is 73.0 Å². The first-order chi connectivity index (χ1) is 3.68. The van der Waals surface area contributed by atoms with Gasteiger partial charge in [0.1, 0.15) is 0 Å². The number of carbonyl (C=O) groups excluding carboxylic acids is 1. The van der Waals surface area contributed by atoms with Gasteiger partial charge in [-0.25, -0.2) is 0 Å². The first-order valence-corrected chi connectivity index (χ1v) is 4.31. The van der Waals surface area contributed by atoms with Gasteiger partial charge < -0.3 is 0 Å². The minimum absolute atomic E-state index is 0.412. The standard InChI is InChI=1S/CH3NOS2.Mo.H2OS/c3-1(4)2-5;;1-2/h(H3,2,3,4,5);;1-2H/q;+2;/p-2. The zero-order valence-corrected chi connectivity index (χ0v) is 8.20. The Morgan fingerprint density at radius 2 is 2.25 bits per heavy atom. The van der Waals surface area contributed by atoms with Crippen molar-refractivity contribution >= 4 is 43.6 Å². The fourth-order valence-electron chi connectivity index (χ4n) is 0.0635. The molecule has 3 nitrogen and oxygen atoms in total. The topological polar surface area (TPSA) is 29.5 Å². The second-order valence-electron chi connectivity index (χ2n) is 0.705. The summed E-state index contributed by atoms with van der Waals surface area (Å²) in [4.78, 5) is 10.2. The van der Waals surface area contributed by atoms with E-state index in [2.05, 4.69) is 41.2 Å². The molecule has 0 aromatic rings. The van der Waals surface area contributed by atoms with Crippen molar-refractivity contribution in [2.75, 3.05) is 0 Å². The van der Waals surface area contributed by atoms with Crippen molar-refractivity contribution in [1.82, 2.24) is 2.86 Å². The SMILES string of the molecule is O=C(S)[N](S)[Mo][O]S. The van der Waals surface area contributed by atoms with Gasteiger partial charge in [-0.2, -0.15) is 0 Å². The van der Waals surface area contributed by atoms with Gasteiger partial charge in [0.2, 0.25) is 0 Å². The second kappa shape index (κ2) is 4.99. The monoisotopic (exact) mass is 255 g/mol. The summed E-state index contributed by atoms with van der Waals surface area (Å²) in [6.45, 7) is 0. The number of carbonyl (C=O) groups is 1. The molecule has 0 rings (SSSR count). The molecule has 0 aliphatic rings. The van der Waals surface area contributed by atoms with Crippen molar-refractivity contribution in [3.63, 3.8) is 0 Å². The summed E-state index contributed by atoms with van der Waals surface area (Å²) in [6, 6.07) is 0. The van der Waals surface area contributed by atoms with E-state index in [1.54, 1.807) is 0 Å². The molecule has 1 amide bonds. The van der Waals surface area contributed by atoms with Crippen molar-refractivity contribution < 1.29 is 26.8 Å². The van der Waals surface area contributed by atoms with Gasteiger partial charge >= 0.3 is 73.3 Å². The molecule has 0 bridgehead atoms. The average Bonchev–Trinajstić information content (AvgIpc) is 1.67. The summed E-state index contributed by atoms with van der Waals surface area (Å²) in [5, 5.41) is -0.412. The van der Waals surface area contributed by atoms with Gasteiger partial charge in [-0.15, -0.1) is 0 Å². The van der Waals surface area contributed by atoms with E-state index in [1.807, 2.05) is 0 Å². The van der Waals surface area contributed by atoms with Gasteiger partial charge in [0.15, 0.2) is 0 Å². The number of nitrogens with zero attached hydrogens (tertiary/aromatic N) is 1. The molecule has 7 heteroatoms. The van der Waals surface area contributed by atoms with Crippen LogP contribution in [0.5, 0.6) is 0 Å². The van der Waals surface area contributed by atoms with Gasteiger partial charge in [-0.1, -0.05) is 0 Å². The predicted molar refractivity (Wildman–Crippen MR) is 35.3 cm³/mol. The molecule has 48 valence electrons. The van der Waals surface area contributed by atoms with Crippen LogP contribution < -0.4 is 0 Å². The molecule has 0 saturated carbocycles. The van der Waals surface area contributed by atoms with Crippen LogP contribution in [0.15, 0.2) is 0 Å². The van der Waals surface area contributed by atoms with Crippen LogP contribution in [0.4, 0.5) is 4.79 Å². The van der Waals surface area contributed by atoms with Crippen LogP contribution in [0, 0.1) is 0 Å². The molecule has 8 heavy (non-hydrogen) atoms. The number of thiol groups is 3. The zero-order valence-electron chi connectivity index (χ0n) is 3.51. The van der Waals surface area contributed by atoms with Crippen LogP contribution in [0.3, 0.4) is 0 Å². The maximum absolute atomic E-state index is 10.2. The van der Waals surface area contributed by atoms with Gasteiger partial charge in [-0.3, -0.25) is 0 Å². The Bertz CT molecular complexity index is 89.4. The van der Waals surface area contributed by atoms with Crippen molar-refractivity contribution in [3.8, 4) is 0 Å². The quantitative estimate of drug-likeness (QED) is 0.389. The van der Waals surface area contributed by atoms with E-state index in [1.165, 1.54) is 0 Å². The van der Waals surface area contributed by atoms with Crippen molar-refractivity contribution in [1.29, 1.82) is 0 Å². The normalized spacial score (nSPS) is 8.88. The predicted octanol–water partition coefficient (Wildman–Crippen LogP) is 0.957. The van der Waals surface area contributed by atoms with Crippen LogP contribution in [0.1, 0.15) is 0 Å².